The van der Waals surface area contributed by atoms with Gasteiger partial charge in [0.15, 0.2) is 10.9 Å². The van der Waals surface area contributed by atoms with E-state index in [1.165, 1.54) is 18.0 Å². The second-order valence-electron chi connectivity index (χ2n) is 7.87. The number of hydrogen-bond acceptors (Lipinski definition) is 6. The fraction of sp³-hybridized carbons (Fsp3) is 0.333. The number of anilines is 2. The van der Waals surface area contributed by atoms with Crippen molar-refractivity contribution in [3.8, 4) is 5.69 Å². The average Bonchev–Trinajstić information content (AvgIpc) is 3.05. The summed E-state index contributed by atoms with van der Waals surface area (Å²) in [6, 6.07) is 8.01. The van der Waals surface area contributed by atoms with Crippen LogP contribution in [0, 0.1) is 13.8 Å². The molecule has 0 fully saturated rings. The normalized spacial score (nSPS) is 11.5. The molecule has 29 heavy (non-hydrogen) atoms. The van der Waals surface area contributed by atoms with E-state index >= 15 is 0 Å². The van der Waals surface area contributed by atoms with Crippen molar-refractivity contribution in [2.24, 2.45) is 0 Å². The number of hydrogen-bond donors (Lipinski definition) is 2. The molecular formula is C21H25N5O2S. The maximum Gasteiger partial charge on any atom is 0.356 e. The zero-order valence-electron chi connectivity index (χ0n) is 17.4. The Labute approximate surface area is 174 Å². The molecule has 0 amide bonds. The summed E-state index contributed by atoms with van der Waals surface area (Å²) >= 11 is 1.30. The Balaban J connectivity index is 2.18. The standard InChI is InChI=1S/C21H25N5O2S/c1-12-8-7-9-13(2)18(12)26-16(10-15(25-26)21(3,4)5)23-14-11-22-20(29-6)24-17(14)19(27)28/h7-11,23H,1-6H3,(H,27,28). The average molecular weight is 412 g/mol. The number of nitrogens with one attached hydrogen (secondary N) is 1. The van der Waals surface area contributed by atoms with Crippen molar-refractivity contribution in [2.45, 2.75) is 45.2 Å². The van der Waals surface area contributed by atoms with Gasteiger partial charge < -0.3 is 10.4 Å². The molecule has 2 N–H and O–H groups in total. The Morgan fingerprint density at radius 3 is 2.41 bits per heavy atom. The number of carboxylic acid groups (broad SMARTS) is 1. The van der Waals surface area contributed by atoms with Crippen LogP contribution in [0.15, 0.2) is 35.6 Å². The van der Waals surface area contributed by atoms with E-state index < -0.39 is 5.97 Å². The maximum absolute atomic E-state index is 11.7. The number of nitrogens with zero attached hydrogens (tertiary/aromatic N) is 4. The van der Waals surface area contributed by atoms with Gasteiger partial charge in [-0.3, -0.25) is 0 Å². The summed E-state index contributed by atoms with van der Waals surface area (Å²) in [6.07, 6.45) is 3.31. The molecule has 7 nitrogen and oxygen atoms in total. The van der Waals surface area contributed by atoms with Crippen LogP contribution < -0.4 is 5.32 Å². The van der Waals surface area contributed by atoms with Gasteiger partial charge in [0.2, 0.25) is 0 Å². The summed E-state index contributed by atoms with van der Waals surface area (Å²) in [7, 11) is 0. The van der Waals surface area contributed by atoms with Crippen LogP contribution in [0.1, 0.15) is 48.1 Å². The zero-order valence-corrected chi connectivity index (χ0v) is 18.3. The lowest BCUT2D eigenvalue weighted by Gasteiger charge is -2.16. The van der Waals surface area contributed by atoms with Crippen LogP contribution in [-0.2, 0) is 5.41 Å². The first-order valence-corrected chi connectivity index (χ1v) is 10.4. The Morgan fingerprint density at radius 2 is 1.86 bits per heavy atom. The molecule has 3 aromatic rings. The third-order valence-electron chi connectivity index (χ3n) is 4.54. The molecule has 0 spiro atoms. The first-order chi connectivity index (χ1) is 13.6. The number of aromatic carboxylic acids is 1. The van der Waals surface area contributed by atoms with Crippen molar-refractivity contribution in [1.29, 1.82) is 0 Å². The first-order valence-electron chi connectivity index (χ1n) is 9.20. The number of aryl methyl sites for hydroxylation is 2. The van der Waals surface area contributed by atoms with Gasteiger partial charge in [-0.05, 0) is 31.2 Å². The van der Waals surface area contributed by atoms with Gasteiger partial charge in [-0.15, -0.1) is 0 Å². The Hall–Kier alpha value is -2.87. The molecule has 0 atom stereocenters. The molecule has 2 aromatic heterocycles. The highest BCUT2D eigenvalue weighted by Crippen LogP contribution is 2.31. The fourth-order valence-corrected chi connectivity index (χ4v) is 3.34. The lowest BCUT2D eigenvalue weighted by molar-refractivity contribution is 0.0690. The predicted octanol–water partition coefficient (Wildman–Crippen LogP) is 4.74. The molecule has 3 rings (SSSR count). The summed E-state index contributed by atoms with van der Waals surface area (Å²) in [5.41, 5.74) is 4.07. The fourth-order valence-electron chi connectivity index (χ4n) is 3.00. The van der Waals surface area contributed by atoms with E-state index in [1.807, 2.05) is 42.8 Å². The molecule has 2 heterocycles. The van der Waals surface area contributed by atoms with Crippen LogP contribution in [-0.4, -0.2) is 37.1 Å². The molecule has 0 saturated carbocycles. The van der Waals surface area contributed by atoms with Crippen molar-refractivity contribution >= 4 is 29.2 Å². The predicted molar refractivity (Wildman–Crippen MR) is 116 cm³/mol. The second kappa shape index (κ2) is 7.87. The van der Waals surface area contributed by atoms with Crippen LogP contribution in [0.3, 0.4) is 0 Å². The summed E-state index contributed by atoms with van der Waals surface area (Å²) in [5, 5.41) is 18.1. The molecule has 1 aromatic carbocycles. The van der Waals surface area contributed by atoms with E-state index in [2.05, 4.69) is 36.1 Å². The van der Waals surface area contributed by atoms with E-state index in [0.717, 1.165) is 22.5 Å². The van der Waals surface area contributed by atoms with E-state index in [1.54, 1.807) is 6.26 Å². The van der Waals surface area contributed by atoms with Crippen LogP contribution in [0.5, 0.6) is 0 Å². The van der Waals surface area contributed by atoms with Gasteiger partial charge in [-0.25, -0.2) is 19.4 Å². The zero-order chi connectivity index (χ0) is 21.3. The van der Waals surface area contributed by atoms with E-state index in [4.69, 9.17) is 5.10 Å². The molecular weight excluding hydrogens is 386 g/mol. The molecule has 0 aliphatic heterocycles. The molecule has 0 aliphatic rings. The highest BCUT2D eigenvalue weighted by Gasteiger charge is 2.23. The number of carboxylic acids is 1. The lowest BCUT2D eigenvalue weighted by Crippen LogP contribution is -2.13. The third-order valence-corrected chi connectivity index (χ3v) is 5.11. The van der Waals surface area contributed by atoms with Crippen molar-refractivity contribution in [2.75, 3.05) is 11.6 Å². The first kappa shape index (κ1) is 20.9. The Morgan fingerprint density at radius 1 is 1.21 bits per heavy atom. The quantitative estimate of drug-likeness (QED) is 0.463. The number of para-hydroxylation sites is 1. The van der Waals surface area contributed by atoms with Gasteiger partial charge in [0.05, 0.1) is 23.3 Å². The number of carbonyl (C=O) groups is 1. The summed E-state index contributed by atoms with van der Waals surface area (Å²) in [5.74, 6) is -0.449. The smallest absolute Gasteiger partial charge is 0.356 e. The van der Waals surface area contributed by atoms with Crippen LogP contribution >= 0.6 is 11.8 Å². The van der Waals surface area contributed by atoms with Crippen LogP contribution in [0.25, 0.3) is 5.69 Å². The molecule has 0 aliphatic carbocycles. The minimum Gasteiger partial charge on any atom is -0.476 e. The largest absolute Gasteiger partial charge is 0.476 e. The van der Waals surface area contributed by atoms with Gasteiger partial charge in [0, 0.05) is 11.5 Å². The molecule has 152 valence electrons. The monoisotopic (exact) mass is 411 g/mol. The van der Waals surface area contributed by atoms with Crippen molar-refractivity contribution < 1.29 is 9.90 Å². The summed E-state index contributed by atoms with van der Waals surface area (Å²) in [6.45, 7) is 10.3. The minimum atomic E-state index is -1.11. The number of rotatable bonds is 5. The highest BCUT2D eigenvalue weighted by atomic mass is 32.2. The van der Waals surface area contributed by atoms with Crippen molar-refractivity contribution in [3.63, 3.8) is 0 Å². The molecule has 0 radical (unpaired) electrons. The Bertz CT molecular complexity index is 1050. The second-order valence-corrected chi connectivity index (χ2v) is 8.64. The minimum absolute atomic E-state index is 0.0732. The highest BCUT2D eigenvalue weighted by molar-refractivity contribution is 7.98. The van der Waals surface area contributed by atoms with E-state index in [9.17, 15) is 9.90 Å². The maximum atomic E-state index is 11.7. The number of aromatic nitrogens is 4. The number of thioether (sulfide) groups is 1. The van der Waals surface area contributed by atoms with E-state index in [0.29, 0.717) is 16.7 Å². The Kier molecular flexibility index (Phi) is 5.66. The van der Waals surface area contributed by atoms with E-state index in [-0.39, 0.29) is 11.1 Å². The molecule has 0 unspecified atom stereocenters. The SMILES string of the molecule is CSc1ncc(Nc2cc(C(C)(C)C)nn2-c2c(C)cccc2C)c(C(=O)O)n1. The third kappa shape index (κ3) is 4.27. The van der Waals surface area contributed by atoms with Gasteiger partial charge in [-0.1, -0.05) is 50.7 Å². The van der Waals surface area contributed by atoms with Gasteiger partial charge in [-0.2, -0.15) is 5.10 Å². The number of benzene rings is 1. The van der Waals surface area contributed by atoms with Crippen molar-refractivity contribution in [1.82, 2.24) is 19.7 Å². The molecule has 0 bridgehead atoms. The summed E-state index contributed by atoms with van der Waals surface area (Å²) in [4.78, 5) is 20.1. The van der Waals surface area contributed by atoms with Crippen LogP contribution in [0.2, 0.25) is 0 Å². The van der Waals surface area contributed by atoms with Gasteiger partial charge in [0.1, 0.15) is 5.82 Å². The molecule has 0 saturated heterocycles. The molecule has 8 heteroatoms. The topological polar surface area (TPSA) is 92.9 Å². The van der Waals surface area contributed by atoms with Crippen molar-refractivity contribution in [3.05, 3.63) is 53.0 Å². The van der Waals surface area contributed by atoms with Crippen LogP contribution in [0.4, 0.5) is 11.5 Å². The lowest BCUT2D eigenvalue weighted by atomic mass is 9.92. The summed E-state index contributed by atoms with van der Waals surface area (Å²) < 4.78 is 1.83. The van der Waals surface area contributed by atoms with Gasteiger partial charge >= 0.3 is 5.97 Å². The van der Waals surface area contributed by atoms with Gasteiger partial charge in [0.25, 0.3) is 0 Å².